The van der Waals surface area contributed by atoms with Gasteiger partial charge in [-0.05, 0) is 12.1 Å². The lowest BCUT2D eigenvalue weighted by atomic mass is 10.4. The summed E-state index contributed by atoms with van der Waals surface area (Å²) in [5.74, 6) is 0. The van der Waals surface area contributed by atoms with Crippen molar-refractivity contribution in [3.05, 3.63) is 23.5 Å². The highest BCUT2D eigenvalue weighted by molar-refractivity contribution is 8.11. The summed E-state index contributed by atoms with van der Waals surface area (Å²) < 4.78 is 0.375. The van der Waals surface area contributed by atoms with Crippen LogP contribution in [0.4, 0.5) is 5.69 Å². The normalized spacial score (nSPS) is 9.27. The first kappa shape index (κ1) is 8.77. The van der Waals surface area contributed by atoms with Gasteiger partial charge in [0.15, 0.2) is 5.15 Å². The van der Waals surface area contributed by atoms with E-state index in [4.69, 9.17) is 23.8 Å². The topological polar surface area (TPSA) is 24.9 Å². The maximum atomic E-state index is 5.70. The molecule has 0 unspecified atom stereocenters. The molecule has 0 bridgehead atoms. The molecule has 0 atom stereocenters. The molecule has 0 aromatic carbocycles. The Morgan fingerprint density at radius 3 is 3.00 bits per heavy atom. The van der Waals surface area contributed by atoms with Crippen LogP contribution in [-0.2, 0) is 0 Å². The molecule has 0 radical (unpaired) electrons. The van der Waals surface area contributed by atoms with Crippen LogP contribution < -0.4 is 5.32 Å². The van der Waals surface area contributed by atoms with Crippen LogP contribution in [0.25, 0.3) is 0 Å². The Labute approximate surface area is 80.4 Å². The van der Waals surface area contributed by atoms with Gasteiger partial charge in [0.2, 0.25) is 0 Å². The van der Waals surface area contributed by atoms with Crippen molar-refractivity contribution in [3.8, 4) is 0 Å². The number of hydrogen-bond acceptors (Lipinski definition) is 2. The third-order valence-corrected chi connectivity index (χ3v) is 1.52. The lowest BCUT2D eigenvalue weighted by Gasteiger charge is -2.02. The van der Waals surface area contributed by atoms with Gasteiger partial charge in [-0.2, -0.15) is 0 Å². The summed E-state index contributed by atoms with van der Waals surface area (Å²) in [5, 5.41) is 3.17. The van der Waals surface area contributed by atoms with E-state index in [1.165, 1.54) is 0 Å². The molecule has 0 amide bonds. The zero-order chi connectivity index (χ0) is 8.27. The first-order chi connectivity index (χ1) is 5.20. The standard InChI is InChI=1S/C6H5ClN2S2/c7-5-4(9-6(10)11)2-1-3-8-5/h1-3H,(H2,9,10,11). The summed E-state index contributed by atoms with van der Waals surface area (Å²) in [4.78, 5) is 3.84. The van der Waals surface area contributed by atoms with Gasteiger partial charge in [-0.25, -0.2) is 4.98 Å². The van der Waals surface area contributed by atoms with E-state index in [-0.39, 0.29) is 0 Å². The Morgan fingerprint density at radius 2 is 2.45 bits per heavy atom. The van der Waals surface area contributed by atoms with Gasteiger partial charge in [0.1, 0.15) is 4.32 Å². The van der Waals surface area contributed by atoms with E-state index in [1.54, 1.807) is 18.3 Å². The molecular weight excluding hydrogens is 200 g/mol. The Morgan fingerprint density at radius 1 is 1.73 bits per heavy atom. The molecule has 11 heavy (non-hydrogen) atoms. The number of nitrogens with zero attached hydrogens (tertiary/aromatic N) is 1. The smallest absolute Gasteiger partial charge is 0.152 e. The van der Waals surface area contributed by atoms with Crippen LogP contribution in [0.1, 0.15) is 0 Å². The molecule has 0 aliphatic heterocycles. The fourth-order valence-electron chi connectivity index (χ4n) is 0.594. The van der Waals surface area contributed by atoms with Gasteiger partial charge in [-0.3, -0.25) is 0 Å². The van der Waals surface area contributed by atoms with Crippen molar-refractivity contribution in [2.45, 2.75) is 0 Å². The molecular formula is C6H5ClN2S2. The largest absolute Gasteiger partial charge is 0.339 e. The van der Waals surface area contributed by atoms with Crippen molar-refractivity contribution in [1.29, 1.82) is 0 Å². The summed E-state index contributed by atoms with van der Waals surface area (Å²) in [5.41, 5.74) is 0.675. The van der Waals surface area contributed by atoms with E-state index in [2.05, 4.69) is 22.9 Å². The molecule has 1 heterocycles. The first-order valence-electron chi connectivity index (χ1n) is 2.80. The molecule has 1 aromatic rings. The Kier molecular flexibility index (Phi) is 3.11. The third-order valence-electron chi connectivity index (χ3n) is 1.00. The highest BCUT2D eigenvalue weighted by Crippen LogP contribution is 2.17. The monoisotopic (exact) mass is 204 g/mol. The molecule has 2 nitrogen and oxygen atoms in total. The fourth-order valence-corrected chi connectivity index (χ4v) is 0.991. The maximum absolute atomic E-state index is 5.70. The minimum atomic E-state index is 0.375. The highest BCUT2D eigenvalue weighted by atomic mass is 35.5. The summed E-state index contributed by atoms with van der Waals surface area (Å²) in [6.45, 7) is 0. The minimum absolute atomic E-state index is 0.375. The lowest BCUT2D eigenvalue weighted by molar-refractivity contribution is 1.33. The SMILES string of the molecule is S=C(S)Nc1cccnc1Cl. The van der Waals surface area contributed by atoms with Gasteiger partial charge in [0.05, 0.1) is 5.69 Å². The molecule has 0 spiro atoms. The maximum Gasteiger partial charge on any atom is 0.152 e. The van der Waals surface area contributed by atoms with Crippen LogP contribution in [0.2, 0.25) is 5.15 Å². The van der Waals surface area contributed by atoms with E-state index >= 15 is 0 Å². The number of hydrogen-bond donors (Lipinski definition) is 2. The van der Waals surface area contributed by atoms with Gasteiger partial charge in [-0.1, -0.05) is 23.8 Å². The molecule has 0 saturated carbocycles. The predicted molar refractivity (Wildman–Crippen MR) is 54.5 cm³/mol. The number of thiol groups is 1. The number of pyridine rings is 1. The van der Waals surface area contributed by atoms with E-state index in [0.29, 0.717) is 15.2 Å². The molecule has 5 heteroatoms. The summed E-state index contributed by atoms with van der Waals surface area (Å²) in [6.07, 6.45) is 1.61. The highest BCUT2D eigenvalue weighted by Gasteiger charge is 1.98. The summed E-state index contributed by atoms with van der Waals surface area (Å²) in [6, 6.07) is 3.54. The van der Waals surface area contributed by atoms with Crippen molar-refractivity contribution < 1.29 is 0 Å². The Hall–Kier alpha value is -0.320. The number of aromatic nitrogens is 1. The molecule has 58 valence electrons. The molecule has 1 aromatic heterocycles. The minimum Gasteiger partial charge on any atom is -0.339 e. The third kappa shape index (κ3) is 2.65. The van der Waals surface area contributed by atoms with Crippen molar-refractivity contribution in [3.63, 3.8) is 0 Å². The van der Waals surface area contributed by atoms with Gasteiger partial charge in [0, 0.05) is 6.20 Å². The second kappa shape index (κ2) is 3.90. The number of halogens is 1. The Bertz CT molecular complexity index is 277. The zero-order valence-electron chi connectivity index (χ0n) is 5.41. The number of nitrogens with one attached hydrogen (secondary N) is 1. The van der Waals surface area contributed by atoms with Crippen LogP contribution in [0.15, 0.2) is 18.3 Å². The van der Waals surface area contributed by atoms with Gasteiger partial charge < -0.3 is 5.32 Å². The predicted octanol–water partition coefficient (Wildman–Crippen LogP) is 2.36. The van der Waals surface area contributed by atoms with Crippen molar-refractivity contribution in [2.75, 3.05) is 5.32 Å². The van der Waals surface area contributed by atoms with Gasteiger partial charge in [0.25, 0.3) is 0 Å². The Balaban J connectivity index is 2.86. The lowest BCUT2D eigenvalue weighted by Crippen LogP contribution is -2.01. The zero-order valence-corrected chi connectivity index (χ0v) is 7.88. The quantitative estimate of drug-likeness (QED) is 0.418. The summed E-state index contributed by atoms with van der Waals surface area (Å²) in [7, 11) is 0. The summed E-state index contributed by atoms with van der Waals surface area (Å²) >= 11 is 14.3. The number of thiocarbonyl (C=S) groups is 1. The average molecular weight is 205 g/mol. The van der Waals surface area contributed by atoms with Crippen LogP contribution >= 0.6 is 36.4 Å². The van der Waals surface area contributed by atoms with Crippen LogP contribution in [-0.4, -0.2) is 9.30 Å². The second-order valence-electron chi connectivity index (χ2n) is 1.77. The fraction of sp³-hybridized carbons (Fsp3) is 0. The van der Waals surface area contributed by atoms with Gasteiger partial charge >= 0.3 is 0 Å². The molecule has 1 N–H and O–H groups in total. The van der Waals surface area contributed by atoms with Crippen molar-refractivity contribution >= 4 is 46.5 Å². The van der Waals surface area contributed by atoms with Crippen LogP contribution in [0, 0.1) is 0 Å². The number of anilines is 1. The van der Waals surface area contributed by atoms with Crippen LogP contribution in [0.5, 0.6) is 0 Å². The van der Waals surface area contributed by atoms with E-state index in [1.807, 2.05) is 0 Å². The van der Waals surface area contributed by atoms with Crippen molar-refractivity contribution in [2.24, 2.45) is 0 Å². The van der Waals surface area contributed by atoms with Gasteiger partial charge in [-0.15, -0.1) is 12.6 Å². The molecule has 0 aliphatic rings. The molecule has 0 aliphatic carbocycles. The van der Waals surface area contributed by atoms with E-state index < -0.39 is 0 Å². The first-order valence-corrected chi connectivity index (χ1v) is 4.04. The molecule has 0 saturated heterocycles. The van der Waals surface area contributed by atoms with Crippen molar-refractivity contribution in [1.82, 2.24) is 4.98 Å². The number of rotatable bonds is 1. The van der Waals surface area contributed by atoms with E-state index in [0.717, 1.165) is 0 Å². The average Bonchev–Trinajstić information content (AvgIpc) is 1.93. The van der Waals surface area contributed by atoms with E-state index in [9.17, 15) is 0 Å². The van der Waals surface area contributed by atoms with Crippen LogP contribution in [0.3, 0.4) is 0 Å². The second-order valence-corrected chi connectivity index (χ2v) is 3.29. The molecule has 1 rings (SSSR count). The molecule has 0 fully saturated rings.